The Morgan fingerprint density at radius 1 is 0.927 bits per heavy atom. The van der Waals surface area contributed by atoms with Gasteiger partial charge in [0.05, 0.1) is 11.0 Å². The molecule has 41 heavy (non-hydrogen) atoms. The van der Waals surface area contributed by atoms with Crippen LogP contribution in [0.2, 0.25) is 5.02 Å². The largest absolute Gasteiger partial charge is 0.337 e. The van der Waals surface area contributed by atoms with Crippen molar-refractivity contribution in [1.82, 2.24) is 19.4 Å². The van der Waals surface area contributed by atoms with Crippen molar-refractivity contribution in [3.63, 3.8) is 0 Å². The van der Waals surface area contributed by atoms with E-state index in [0.717, 1.165) is 60.7 Å². The first-order valence-corrected chi connectivity index (χ1v) is 14.9. The number of aryl methyl sites for hydroxylation is 2. The lowest BCUT2D eigenvalue weighted by Crippen LogP contribution is -2.38. The van der Waals surface area contributed by atoms with Crippen LogP contribution in [0.5, 0.6) is 0 Å². The van der Waals surface area contributed by atoms with Gasteiger partial charge in [-0.1, -0.05) is 54.1 Å². The summed E-state index contributed by atoms with van der Waals surface area (Å²) in [5.41, 5.74) is 4.99. The highest BCUT2D eigenvalue weighted by atomic mass is 35.5. The van der Waals surface area contributed by atoms with E-state index in [1.807, 2.05) is 52.3 Å². The molecule has 1 aliphatic rings. The molecule has 8 heteroatoms. The summed E-state index contributed by atoms with van der Waals surface area (Å²) in [5.74, 6) is 0.981. The average Bonchev–Trinajstić information content (AvgIpc) is 3.32. The molecule has 2 heterocycles. The lowest BCUT2D eigenvalue weighted by molar-refractivity contribution is -0.132. The second kappa shape index (κ2) is 13.3. The fourth-order valence-corrected chi connectivity index (χ4v) is 5.96. The average molecular weight is 572 g/mol. The minimum Gasteiger partial charge on any atom is -0.337 e. The van der Waals surface area contributed by atoms with Crippen molar-refractivity contribution in [3.8, 4) is 0 Å². The van der Waals surface area contributed by atoms with Gasteiger partial charge in [-0.05, 0) is 54.8 Å². The number of halogens is 1. The molecule has 2 amide bonds. The summed E-state index contributed by atoms with van der Waals surface area (Å²) < 4.78 is 2.19. The van der Waals surface area contributed by atoms with Gasteiger partial charge in [-0.3, -0.25) is 14.5 Å². The lowest BCUT2D eigenvalue weighted by atomic mass is 10.1. The summed E-state index contributed by atoms with van der Waals surface area (Å²) in [5, 5.41) is 0.594. The first kappa shape index (κ1) is 28.8. The van der Waals surface area contributed by atoms with Crippen LogP contribution in [0.4, 0.5) is 5.69 Å². The molecule has 0 saturated carbocycles. The van der Waals surface area contributed by atoms with Crippen molar-refractivity contribution in [2.45, 2.75) is 52.7 Å². The number of hydrogen-bond acceptors (Lipinski definition) is 4. The number of amides is 2. The van der Waals surface area contributed by atoms with Crippen molar-refractivity contribution in [1.29, 1.82) is 0 Å². The first-order chi connectivity index (χ1) is 19.9. The van der Waals surface area contributed by atoms with E-state index < -0.39 is 0 Å². The molecule has 0 radical (unpaired) electrons. The Labute approximate surface area is 247 Å². The molecular formula is C33H38ClN5O2. The zero-order chi connectivity index (χ0) is 28.8. The zero-order valence-electron chi connectivity index (χ0n) is 23.9. The molecule has 0 bridgehead atoms. The minimum absolute atomic E-state index is 0.0150. The van der Waals surface area contributed by atoms with Gasteiger partial charge in [-0.2, -0.15) is 0 Å². The number of carbonyl (C=O) groups is 2. The Hall–Kier alpha value is -3.68. The molecule has 0 N–H and O–H groups in total. The molecule has 4 aromatic rings. The van der Waals surface area contributed by atoms with E-state index >= 15 is 0 Å². The summed E-state index contributed by atoms with van der Waals surface area (Å²) in [4.78, 5) is 37.6. The second-order valence-electron chi connectivity index (χ2n) is 10.6. The van der Waals surface area contributed by atoms with Crippen LogP contribution >= 0.6 is 11.6 Å². The van der Waals surface area contributed by atoms with Crippen molar-refractivity contribution < 1.29 is 9.59 Å². The minimum atomic E-state index is -0.0150. The lowest BCUT2D eigenvalue weighted by Gasteiger charge is -2.28. The summed E-state index contributed by atoms with van der Waals surface area (Å²) in [6.45, 7) is 8.45. The highest BCUT2D eigenvalue weighted by Crippen LogP contribution is 2.28. The maximum Gasteiger partial charge on any atom is 0.223 e. The van der Waals surface area contributed by atoms with Crippen LogP contribution in [0.1, 0.15) is 43.6 Å². The summed E-state index contributed by atoms with van der Waals surface area (Å²) in [6, 6.07) is 24.1. The Morgan fingerprint density at radius 2 is 1.71 bits per heavy atom. The van der Waals surface area contributed by atoms with Crippen LogP contribution in [0, 0.1) is 0 Å². The summed E-state index contributed by atoms with van der Waals surface area (Å²) >= 11 is 6.43. The molecule has 214 valence electrons. The van der Waals surface area contributed by atoms with Crippen LogP contribution in [0.25, 0.3) is 11.0 Å². The van der Waals surface area contributed by atoms with Crippen LogP contribution < -0.4 is 4.90 Å². The number of anilines is 1. The van der Waals surface area contributed by atoms with E-state index in [-0.39, 0.29) is 11.8 Å². The third-order valence-electron chi connectivity index (χ3n) is 7.83. The number of aromatic nitrogens is 2. The number of fused-ring (bicyclic) bond motifs is 2. The van der Waals surface area contributed by atoms with Crippen LogP contribution in [0.15, 0.2) is 72.8 Å². The van der Waals surface area contributed by atoms with E-state index in [1.54, 1.807) is 6.92 Å². The number of rotatable bonds is 6. The molecule has 1 aliphatic heterocycles. The van der Waals surface area contributed by atoms with E-state index in [1.165, 1.54) is 5.56 Å². The van der Waals surface area contributed by atoms with Gasteiger partial charge in [0.2, 0.25) is 11.8 Å². The number of benzene rings is 3. The van der Waals surface area contributed by atoms with Crippen LogP contribution in [-0.4, -0.2) is 57.3 Å². The van der Waals surface area contributed by atoms with E-state index in [2.05, 4.69) is 46.7 Å². The highest BCUT2D eigenvalue weighted by molar-refractivity contribution is 6.30. The topological polar surface area (TPSA) is 61.7 Å². The van der Waals surface area contributed by atoms with E-state index in [4.69, 9.17) is 16.6 Å². The summed E-state index contributed by atoms with van der Waals surface area (Å²) in [7, 11) is 0. The molecule has 0 saturated heterocycles. The zero-order valence-corrected chi connectivity index (χ0v) is 24.7. The highest BCUT2D eigenvalue weighted by Gasteiger charge is 2.23. The van der Waals surface area contributed by atoms with Gasteiger partial charge in [0, 0.05) is 76.3 Å². The normalized spacial score (nSPS) is 15.0. The van der Waals surface area contributed by atoms with Gasteiger partial charge in [0.25, 0.3) is 0 Å². The van der Waals surface area contributed by atoms with Crippen molar-refractivity contribution in [2.75, 3.05) is 31.1 Å². The van der Waals surface area contributed by atoms with Gasteiger partial charge >= 0.3 is 0 Å². The van der Waals surface area contributed by atoms with Gasteiger partial charge in [-0.25, -0.2) is 4.98 Å². The van der Waals surface area contributed by atoms with Gasteiger partial charge < -0.3 is 14.4 Å². The number of hydrogen-bond donors (Lipinski definition) is 0. The van der Waals surface area contributed by atoms with Crippen LogP contribution in [0.3, 0.4) is 0 Å². The Kier molecular flexibility index (Phi) is 9.37. The van der Waals surface area contributed by atoms with E-state index in [0.29, 0.717) is 37.5 Å². The second-order valence-corrected chi connectivity index (χ2v) is 11.1. The summed E-state index contributed by atoms with van der Waals surface area (Å²) in [6.07, 6.45) is 1.75. The monoisotopic (exact) mass is 571 g/mol. The maximum atomic E-state index is 13.9. The molecule has 7 nitrogen and oxygen atoms in total. The molecule has 0 atom stereocenters. The predicted octanol–water partition coefficient (Wildman–Crippen LogP) is 5.93. The van der Waals surface area contributed by atoms with E-state index in [9.17, 15) is 9.59 Å². The quantitative estimate of drug-likeness (QED) is 0.288. The molecule has 3 aromatic carbocycles. The van der Waals surface area contributed by atoms with Crippen molar-refractivity contribution >= 4 is 40.1 Å². The molecule has 0 aliphatic carbocycles. The van der Waals surface area contributed by atoms with Crippen molar-refractivity contribution in [2.24, 2.45) is 0 Å². The third kappa shape index (κ3) is 6.97. The Bertz CT molecular complexity index is 1500. The molecule has 0 spiro atoms. The molecule has 5 rings (SSSR count). The smallest absolute Gasteiger partial charge is 0.223 e. The predicted molar refractivity (Wildman–Crippen MR) is 165 cm³/mol. The molecule has 1 aromatic heterocycles. The number of carbonyl (C=O) groups excluding carboxylic acids is 2. The molecule has 0 fully saturated rings. The van der Waals surface area contributed by atoms with Crippen LogP contribution in [-0.2, 0) is 35.6 Å². The maximum absolute atomic E-state index is 13.9. The number of nitrogens with zero attached hydrogens (tertiary/aromatic N) is 5. The number of para-hydroxylation sites is 2. The van der Waals surface area contributed by atoms with Crippen molar-refractivity contribution in [3.05, 3.63) is 94.8 Å². The first-order valence-electron chi connectivity index (χ1n) is 14.5. The SMILES string of the molecule is CCn1c(CCC(=O)N2CCN(Cc3ccccc3)CCCN(C(C)=O)c3ccc(Cl)cc3C2)nc2ccccc21. The van der Waals surface area contributed by atoms with Gasteiger partial charge in [0.1, 0.15) is 5.82 Å². The standard InChI is InChI=1S/C33H38ClN5O2/c1-3-38-31-13-8-7-12-29(31)35-32(38)16-17-33(41)37-21-20-36(23-26-10-5-4-6-11-26)18-9-19-39(25(2)40)30-15-14-28(34)22-27(30)24-37/h4-8,10-15,22H,3,9,16-21,23-24H2,1-2H3. The fraction of sp³-hybridized carbons (Fsp3) is 0.364. The Morgan fingerprint density at radius 3 is 2.49 bits per heavy atom. The number of imidazole rings is 1. The molecular weight excluding hydrogens is 534 g/mol. The molecule has 0 unspecified atom stereocenters. The van der Waals surface area contributed by atoms with Gasteiger partial charge in [0.15, 0.2) is 0 Å². The Balaban J connectivity index is 1.41. The fourth-order valence-electron chi connectivity index (χ4n) is 5.76. The van der Waals surface area contributed by atoms with Gasteiger partial charge in [-0.15, -0.1) is 0 Å². The third-order valence-corrected chi connectivity index (χ3v) is 8.06.